The zero-order chi connectivity index (χ0) is 10.2. The lowest BCUT2D eigenvalue weighted by atomic mass is 10.1. The summed E-state index contributed by atoms with van der Waals surface area (Å²) in [6.45, 7) is 1.73. The molecule has 1 unspecified atom stereocenters. The molecule has 0 amide bonds. The summed E-state index contributed by atoms with van der Waals surface area (Å²) in [7, 11) is -2.91. The third-order valence-corrected chi connectivity index (χ3v) is 4.49. The Balaban J connectivity index is 2.37. The maximum atomic E-state index is 11.5. The highest BCUT2D eigenvalue weighted by Crippen LogP contribution is 2.26. The van der Waals surface area contributed by atoms with Gasteiger partial charge in [0.1, 0.15) is 0 Å². The van der Waals surface area contributed by atoms with Gasteiger partial charge < -0.3 is 0 Å². The highest BCUT2D eigenvalue weighted by atomic mass is 32.2. The average Bonchev–Trinajstić information content (AvgIpc) is 2.43. The molecular weight excluding hydrogens is 196 g/mol. The monoisotopic (exact) mass is 208 g/mol. The standard InChI is InChI=1S/C11H12O2S/c1-9-7-11(8-14(9,12)13)10-5-3-2-4-6-10/h2-7,9H,8H2,1H3. The van der Waals surface area contributed by atoms with Gasteiger partial charge in [-0.05, 0) is 18.1 Å². The molecule has 1 aliphatic rings. The van der Waals surface area contributed by atoms with Crippen LogP contribution in [0.4, 0.5) is 0 Å². The normalized spacial score (nSPS) is 24.6. The molecule has 0 bridgehead atoms. The summed E-state index contributed by atoms with van der Waals surface area (Å²) in [6.07, 6.45) is 1.84. The van der Waals surface area contributed by atoms with Crippen LogP contribution in [-0.4, -0.2) is 19.4 Å². The molecule has 1 aliphatic heterocycles. The summed E-state index contributed by atoms with van der Waals surface area (Å²) in [5.41, 5.74) is 1.94. The fourth-order valence-corrected chi connectivity index (χ4v) is 2.95. The number of benzene rings is 1. The zero-order valence-corrected chi connectivity index (χ0v) is 8.79. The van der Waals surface area contributed by atoms with Gasteiger partial charge in [0, 0.05) is 0 Å². The quantitative estimate of drug-likeness (QED) is 0.706. The molecule has 0 saturated heterocycles. The summed E-state index contributed by atoms with van der Waals surface area (Å²) in [6, 6.07) is 9.66. The maximum Gasteiger partial charge on any atom is 0.160 e. The van der Waals surface area contributed by atoms with Crippen LogP contribution in [0.2, 0.25) is 0 Å². The Labute approximate surface area is 84.2 Å². The molecule has 0 N–H and O–H groups in total. The predicted octanol–water partition coefficient (Wildman–Crippen LogP) is 1.89. The molecule has 1 atom stereocenters. The zero-order valence-electron chi connectivity index (χ0n) is 7.97. The van der Waals surface area contributed by atoms with Crippen molar-refractivity contribution in [1.82, 2.24) is 0 Å². The Hall–Kier alpha value is -1.09. The first-order valence-electron chi connectivity index (χ1n) is 4.57. The van der Waals surface area contributed by atoms with Crippen molar-refractivity contribution in [3.05, 3.63) is 42.0 Å². The van der Waals surface area contributed by atoms with Crippen molar-refractivity contribution in [2.45, 2.75) is 12.2 Å². The molecular formula is C11H12O2S. The van der Waals surface area contributed by atoms with E-state index >= 15 is 0 Å². The van der Waals surface area contributed by atoms with Gasteiger partial charge in [0.15, 0.2) is 9.84 Å². The van der Waals surface area contributed by atoms with Crippen LogP contribution in [0.5, 0.6) is 0 Å². The van der Waals surface area contributed by atoms with Crippen LogP contribution in [0, 0.1) is 0 Å². The first-order chi connectivity index (χ1) is 6.59. The van der Waals surface area contributed by atoms with Crippen LogP contribution in [0.3, 0.4) is 0 Å². The van der Waals surface area contributed by atoms with Crippen molar-refractivity contribution in [1.29, 1.82) is 0 Å². The molecule has 0 radical (unpaired) electrons. The van der Waals surface area contributed by atoms with Gasteiger partial charge in [-0.1, -0.05) is 36.4 Å². The molecule has 0 fully saturated rings. The highest BCUT2D eigenvalue weighted by molar-refractivity contribution is 7.92. The fourth-order valence-electron chi connectivity index (χ4n) is 1.62. The lowest BCUT2D eigenvalue weighted by molar-refractivity contribution is 0.596. The molecule has 1 aromatic rings. The van der Waals surface area contributed by atoms with Gasteiger partial charge in [-0.2, -0.15) is 0 Å². The number of sulfone groups is 1. The average molecular weight is 208 g/mol. The topological polar surface area (TPSA) is 34.1 Å². The van der Waals surface area contributed by atoms with Crippen LogP contribution in [-0.2, 0) is 9.84 Å². The second-order valence-corrected chi connectivity index (χ2v) is 5.93. The summed E-state index contributed by atoms with van der Waals surface area (Å²) in [4.78, 5) is 0. The minimum Gasteiger partial charge on any atom is -0.228 e. The van der Waals surface area contributed by atoms with E-state index in [1.807, 2.05) is 36.4 Å². The lowest BCUT2D eigenvalue weighted by Gasteiger charge is -1.99. The van der Waals surface area contributed by atoms with Crippen molar-refractivity contribution in [3.8, 4) is 0 Å². The second-order valence-electron chi connectivity index (χ2n) is 3.57. The molecule has 0 saturated carbocycles. The Bertz CT molecular complexity index is 457. The van der Waals surface area contributed by atoms with Gasteiger partial charge in [0.05, 0.1) is 11.0 Å². The smallest absolute Gasteiger partial charge is 0.160 e. The predicted molar refractivity (Wildman–Crippen MR) is 57.7 cm³/mol. The van der Waals surface area contributed by atoms with Crippen LogP contribution >= 0.6 is 0 Å². The molecule has 3 heteroatoms. The van der Waals surface area contributed by atoms with E-state index < -0.39 is 9.84 Å². The largest absolute Gasteiger partial charge is 0.228 e. The maximum absolute atomic E-state index is 11.5. The number of hydrogen-bond acceptors (Lipinski definition) is 2. The third kappa shape index (κ3) is 1.60. The second kappa shape index (κ2) is 3.24. The molecule has 0 aromatic heterocycles. The van der Waals surface area contributed by atoms with Gasteiger partial charge in [0.25, 0.3) is 0 Å². The van der Waals surface area contributed by atoms with E-state index in [0.29, 0.717) is 0 Å². The molecule has 0 aliphatic carbocycles. The molecule has 1 aromatic carbocycles. The third-order valence-electron chi connectivity index (χ3n) is 2.50. The van der Waals surface area contributed by atoms with E-state index in [-0.39, 0.29) is 11.0 Å². The van der Waals surface area contributed by atoms with E-state index in [2.05, 4.69) is 0 Å². The Morgan fingerprint density at radius 2 is 1.86 bits per heavy atom. The van der Waals surface area contributed by atoms with E-state index in [4.69, 9.17) is 0 Å². The van der Waals surface area contributed by atoms with E-state index in [1.54, 1.807) is 6.92 Å². The Morgan fingerprint density at radius 3 is 2.36 bits per heavy atom. The van der Waals surface area contributed by atoms with Gasteiger partial charge >= 0.3 is 0 Å². The fraction of sp³-hybridized carbons (Fsp3) is 0.273. The molecule has 2 nitrogen and oxygen atoms in total. The molecule has 14 heavy (non-hydrogen) atoms. The Kier molecular flexibility index (Phi) is 2.19. The van der Waals surface area contributed by atoms with Crippen LogP contribution in [0.15, 0.2) is 36.4 Å². The van der Waals surface area contributed by atoms with Crippen LogP contribution in [0.25, 0.3) is 5.57 Å². The van der Waals surface area contributed by atoms with Crippen LogP contribution < -0.4 is 0 Å². The summed E-state index contributed by atoms with van der Waals surface area (Å²) >= 11 is 0. The summed E-state index contributed by atoms with van der Waals surface area (Å²) in [5, 5.41) is -0.335. The van der Waals surface area contributed by atoms with Crippen molar-refractivity contribution in [3.63, 3.8) is 0 Å². The molecule has 74 valence electrons. The Morgan fingerprint density at radius 1 is 1.21 bits per heavy atom. The number of hydrogen-bond donors (Lipinski definition) is 0. The van der Waals surface area contributed by atoms with Gasteiger partial charge in [0.2, 0.25) is 0 Å². The SMILES string of the molecule is CC1C=C(c2ccccc2)CS1(=O)=O. The van der Waals surface area contributed by atoms with Crippen molar-refractivity contribution < 1.29 is 8.42 Å². The van der Waals surface area contributed by atoms with Crippen LogP contribution in [0.1, 0.15) is 12.5 Å². The van der Waals surface area contributed by atoms with Crippen molar-refractivity contribution >= 4 is 15.4 Å². The van der Waals surface area contributed by atoms with E-state index in [9.17, 15) is 8.42 Å². The number of rotatable bonds is 1. The van der Waals surface area contributed by atoms with E-state index in [1.165, 1.54) is 0 Å². The highest BCUT2D eigenvalue weighted by Gasteiger charge is 2.27. The van der Waals surface area contributed by atoms with Gasteiger partial charge in [-0.15, -0.1) is 0 Å². The first-order valence-corrected chi connectivity index (χ1v) is 6.29. The minimum atomic E-state index is -2.91. The van der Waals surface area contributed by atoms with Crippen molar-refractivity contribution in [2.24, 2.45) is 0 Å². The first kappa shape index (κ1) is 9.46. The molecule has 1 heterocycles. The molecule has 0 spiro atoms. The lowest BCUT2D eigenvalue weighted by Crippen LogP contribution is -2.11. The molecule has 2 rings (SSSR count). The van der Waals surface area contributed by atoms with E-state index in [0.717, 1.165) is 11.1 Å². The summed E-state index contributed by atoms with van der Waals surface area (Å²) < 4.78 is 23.0. The summed E-state index contributed by atoms with van der Waals surface area (Å²) in [5.74, 6) is 0.179. The minimum absolute atomic E-state index is 0.179. The van der Waals surface area contributed by atoms with Gasteiger partial charge in [-0.25, -0.2) is 8.42 Å². The van der Waals surface area contributed by atoms with Crippen molar-refractivity contribution in [2.75, 3.05) is 5.75 Å². The van der Waals surface area contributed by atoms with Gasteiger partial charge in [-0.3, -0.25) is 0 Å².